The van der Waals surface area contributed by atoms with E-state index in [4.69, 9.17) is 5.73 Å². The Balaban J connectivity index is 1.95. The second-order valence-electron chi connectivity index (χ2n) is 5.48. The Morgan fingerprint density at radius 3 is 3.00 bits per heavy atom. The largest absolute Gasteiger partial charge is 0.399 e. The van der Waals surface area contributed by atoms with Crippen LogP contribution in [0.15, 0.2) is 30.5 Å². The van der Waals surface area contributed by atoms with E-state index in [0.29, 0.717) is 17.8 Å². The Bertz CT molecular complexity index is 666. The van der Waals surface area contributed by atoms with Gasteiger partial charge in [0.1, 0.15) is 5.82 Å². The zero-order chi connectivity index (χ0) is 15.0. The molecule has 0 aliphatic carbocycles. The van der Waals surface area contributed by atoms with Crippen LogP contribution in [0.3, 0.4) is 0 Å². The molecule has 1 fully saturated rings. The number of halogens is 1. The summed E-state index contributed by atoms with van der Waals surface area (Å²) in [5.74, 6) is -0.772. The lowest BCUT2D eigenvalue weighted by Gasteiger charge is -2.24. The molecule has 1 amide bonds. The Hall–Kier alpha value is -2.30. The number of benzene rings is 1. The molecule has 1 aromatic carbocycles. The lowest BCUT2D eigenvalue weighted by atomic mass is 10.1. The maximum Gasteiger partial charge on any atom is 0.257 e. The predicted molar refractivity (Wildman–Crippen MR) is 79.4 cm³/mol. The van der Waals surface area contributed by atoms with E-state index in [1.54, 1.807) is 17.9 Å². The molecule has 1 aromatic heterocycles. The normalized spacial score (nSPS) is 18.2. The first-order valence-electron chi connectivity index (χ1n) is 7.08. The first-order chi connectivity index (χ1) is 10.1. The van der Waals surface area contributed by atoms with E-state index in [1.165, 1.54) is 6.07 Å². The van der Waals surface area contributed by atoms with Crippen LogP contribution in [0.5, 0.6) is 0 Å². The quantitative estimate of drug-likeness (QED) is 0.834. The van der Waals surface area contributed by atoms with Crippen molar-refractivity contribution in [3.8, 4) is 0 Å². The minimum Gasteiger partial charge on any atom is -0.399 e. The smallest absolute Gasteiger partial charge is 0.257 e. The van der Waals surface area contributed by atoms with Crippen molar-refractivity contribution in [1.82, 2.24) is 9.88 Å². The van der Waals surface area contributed by atoms with Gasteiger partial charge in [-0.15, -0.1) is 0 Å². The number of amides is 1. The molecule has 110 valence electrons. The molecule has 0 radical (unpaired) electrons. The van der Waals surface area contributed by atoms with Gasteiger partial charge in [-0.1, -0.05) is 0 Å². The van der Waals surface area contributed by atoms with Crippen LogP contribution in [0.1, 0.15) is 40.5 Å². The summed E-state index contributed by atoms with van der Waals surface area (Å²) in [5.41, 5.74) is 7.61. The molecule has 4 nitrogen and oxygen atoms in total. The number of nitrogens with one attached hydrogen (secondary N) is 1. The highest BCUT2D eigenvalue weighted by Gasteiger charge is 2.32. The SMILES string of the molecule is Cc1cc(N)cc(C(=O)N2CCCC2c2ccc[nH]2)c1F. The van der Waals surface area contributed by atoms with E-state index in [-0.39, 0.29) is 17.5 Å². The molecule has 1 unspecified atom stereocenters. The monoisotopic (exact) mass is 287 g/mol. The molecular formula is C16H18FN3O. The summed E-state index contributed by atoms with van der Waals surface area (Å²) in [6.45, 7) is 2.25. The van der Waals surface area contributed by atoms with Crippen molar-refractivity contribution in [1.29, 1.82) is 0 Å². The minimum atomic E-state index is -0.480. The van der Waals surface area contributed by atoms with Crippen LogP contribution in [0, 0.1) is 12.7 Å². The molecule has 1 aliphatic heterocycles. The van der Waals surface area contributed by atoms with Gasteiger partial charge in [-0.25, -0.2) is 4.39 Å². The fourth-order valence-electron chi connectivity index (χ4n) is 2.99. The van der Waals surface area contributed by atoms with E-state index in [1.807, 2.05) is 18.3 Å². The van der Waals surface area contributed by atoms with E-state index in [9.17, 15) is 9.18 Å². The van der Waals surface area contributed by atoms with Crippen LogP contribution < -0.4 is 5.73 Å². The lowest BCUT2D eigenvalue weighted by Crippen LogP contribution is -2.31. The summed E-state index contributed by atoms with van der Waals surface area (Å²) in [5, 5.41) is 0. The molecule has 2 heterocycles. The summed E-state index contributed by atoms with van der Waals surface area (Å²) in [7, 11) is 0. The number of carbonyl (C=O) groups excluding carboxylic acids is 1. The number of carbonyl (C=O) groups is 1. The average molecular weight is 287 g/mol. The molecule has 5 heteroatoms. The highest BCUT2D eigenvalue weighted by molar-refractivity contribution is 5.96. The van der Waals surface area contributed by atoms with Gasteiger partial charge in [0.25, 0.3) is 5.91 Å². The maximum atomic E-state index is 14.2. The number of hydrogen-bond donors (Lipinski definition) is 2. The van der Waals surface area contributed by atoms with Gasteiger partial charge in [-0.3, -0.25) is 4.79 Å². The molecule has 3 rings (SSSR count). The van der Waals surface area contributed by atoms with Crippen LogP contribution in [0.25, 0.3) is 0 Å². The number of likely N-dealkylation sites (tertiary alicyclic amines) is 1. The van der Waals surface area contributed by atoms with Gasteiger partial charge < -0.3 is 15.6 Å². The number of aromatic amines is 1. The van der Waals surface area contributed by atoms with Crippen LogP contribution in [0.2, 0.25) is 0 Å². The molecule has 3 N–H and O–H groups in total. The molecular weight excluding hydrogens is 269 g/mol. The van der Waals surface area contributed by atoms with Gasteiger partial charge in [0.15, 0.2) is 0 Å². The number of nitrogen functional groups attached to an aromatic ring is 1. The van der Waals surface area contributed by atoms with E-state index >= 15 is 0 Å². The summed E-state index contributed by atoms with van der Waals surface area (Å²) < 4.78 is 14.2. The number of aryl methyl sites for hydroxylation is 1. The Morgan fingerprint density at radius 1 is 1.48 bits per heavy atom. The standard InChI is InChI=1S/C16H18FN3O/c1-10-8-11(18)9-12(15(10)17)16(21)20-7-3-5-14(20)13-4-2-6-19-13/h2,4,6,8-9,14,19H,3,5,7,18H2,1H3. The van der Waals surface area contributed by atoms with Gasteiger partial charge >= 0.3 is 0 Å². The molecule has 2 aromatic rings. The van der Waals surface area contributed by atoms with Crippen molar-refractivity contribution in [2.75, 3.05) is 12.3 Å². The van der Waals surface area contributed by atoms with Crippen molar-refractivity contribution in [2.45, 2.75) is 25.8 Å². The van der Waals surface area contributed by atoms with Crippen LogP contribution in [-0.2, 0) is 0 Å². The van der Waals surface area contributed by atoms with Crippen LogP contribution in [-0.4, -0.2) is 22.3 Å². The first kappa shape index (κ1) is 13.7. The first-order valence-corrected chi connectivity index (χ1v) is 7.08. The third kappa shape index (κ3) is 2.39. The topological polar surface area (TPSA) is 62.1 Å². The molecule has 0 spiro atoms. The number of nitrogens with two attached hydrogens (primary N) is 1. The number of aromatic nitrogens is 1. The van der Waals surface area contributed by atoms with Gasteiger partial charge in [0, 0.05) is 24.1 Å². The second-order valence-corrected chi connectivity index (χ2v) is 5.48. The fourth-order valence-corrected chi connectivity index (χ4v) is 2.99. The van der Waals surface area contributed by atoms with Crippen molar-refractivity contribution < 1.29 is 9.18 Å². The third-order valence-corrected chi connectivity index (χ3v) is 4.00. The molecule has 1 aliphatic rings. The summed E-state index contributed by atoms with van der Waals surface area (Å²) >= 11 is 0. The molecule has 1 saturated heterocycles. The highest BCUT2D eigenvalue weighted by atomic mass is 19.1. The zero-order valence-electron chi connectivity index (χ0n) is 11.9. The lowest BCUT2D eigenvalue weighted by molar-refractivity contribution is 0.0728. The van der Waals surface area contributed by atoms with Gasteiger partial charge in [0.05, 0.1) is 11.6 Å². The number of nitrogens with zero attached hydrogens (tertiary/aromatic N) is 1. The summed E-state index contributed by atoms with van der Waals surface area (Å²) in [6, 6.07) is 6.81. The van der Waals surface area contributed by atoms with E-state index in [2.05, 4.69) is 4.98 Å². The highest BCUT2D eigenvalue weighted by Crippen LogP contribution is 2.33. The van der Waals surface area contributed by atoms with Crippen molar-refractivity contribution >= 4 is 11.6 Å². The Labute approximate surface area is 122 Å². The number of hydrogen-bond acceptors (Lipinski definition) is 2. The molecule has 1 atom stereocenters. The van der Waals surface area contributed by atoms with E-state index in [0.717, 1.165) is 18.5 Å². The third-order valence-electron chi connectivity index (χ3n) is 4.00. The van der Waals surface area contributed by atoms with Gasteiger partial charge in [-0.2, -0.15) is 0 Å². The second kappa shape index (κ2) is 5.24. The van der Waals surface area contributed by atoms with Crippen molar-refractivity contribution in [2.24, 2.45) is 0 Å². The Kier molecular flexibility index (Phi) is 3.41. The van der Waals surface area contributed by atoms with Crippen molar-refractivity contribution in [3.63, 3.8) is 0 Å². The summed E-state index contributed by atoms with van der Waals surface area (Å²) in [4.78, 5) is 17.6. The maximum absolute atomic E-state index is 14.2. The van der Waals surface area contributed by atoms with Crippen molar-refractivity contribution in [3.05, 3.63) is 53.1 Å². The molecule has 21 heavy (non-hydrogen) atoms. The van der Waals surface area contributed by atoms with Crippen LogP contribution >= 0.6 is 0 Å². The average Bonchev–Trinajstić information content (AvgIpc) is 3.11. The number of rotatable bonds is 2. The van der Waals surface area contributed by atoms with Gasteiger partial charge in [-0.05, 0) is 49.6 Å². The zero-order valence-corrected chi connectivity index (χ0v) is 11.9. The number of H-pyrrole nitrogens is 1. The van der Waals surface area contributed by atoms with Crippen LogP contribution in [0.4, 0.5) is 10.1 Å². The fraction of sp³-hybridized carbons (Fsp3) is 0.312. The molecule has 0 saturated carbocycles. The summed E-state index contributed by atoms with van der Waals surface area (Å²) in [6.07, 6.45) is 3.63. The predicted octanol–water partition coefficient (Wildman–Crippen LogP) is 3.02. The van der Waals surface area contributed by atoms with E-state index < -0.39 is 5.82 Å². The minimum absolute atomic E-state index is 0.0198. The molecule has 0 bridgehead atoms. The Morgan fingerprint density at radius 2 is 2.29 bits per heavy atom. The van der Waals surface area contributed by atoms with Gasteiger partial charge in [0.2, 0.25) is 0 Å². The number of anilines is 1.